The second-order valence-electron chi connectivity index (χ2n) is 4.64. The van der Waals surface area contributed by atoms with E-state index in [1.807, 2.05) is 22.7 Å². The van der Waals surface area contributed by atoms with Gasteiger partial charge in [-0.25, -0.2) is 0 Å². The molecule has 0 unspecified atom stereocenters. The standard InChI is InChI=1S/C15H22N2S2/c1-3-17(12-15-5-4-10-18-15)9-8-16-11-14-7-6-13(2)19-14/h4-7,10,16H,3,8-9,11-12H2,1-2H3. The largest absolute Gasteiger partial charge is 0.311 e. The van der Waals surface area contributed by atoms with Gasteiger partial charge in [0.2, 0.25) is 0 Å². The molecule has 19 heavy (non-hydrogen) atoms. The average Bonchev–Trinajstić information content (AvgIpc) is 3.05. The average molecular weight is 294 g/mol. The Kier molecular flexibility index (Phi) is 6.04. The molecule has 2 rings (SSSR count). The van der Waals surface area contributed by atoms with Crippen LogP contribution < -0.4 is 5.32 Å². The first-order chi connectivity index (χ1) is 9.28. The third-order valence-corrected chi connectivity index (χ3v) is 4.97. The molecule has 2 nitrogen and oxygen atoms in total. The van der Waals surface area contributed by atoms with E-state index in [1.54, 1.807) is 0 Å². The lowest BCUT2D eigenvalue weighted by molar-refractivity contribution is 0.281. The van der Waals surface area contributed by atoms with Crippen LogP contribution in [-0.2, 0) is 13.1 Å². The molecule has 0 aliphatic heterocycles. The first-order valence-electron chi connectivity index (χ1n) is 6.78. The second kappa shape index (κ2) is 7.80. The molecule has 0 bridgehead atoms. The minimum atomic E-state index is 0.995. The Bertz CT molecular complexity index is 462. The minimum Gasteiger partial charge on any atom is -0.311 e. The Labute approximate surface area is 124 Å². The molecular formula is C15H22N2S2. The zero-order valence-electron chi connectivity index (χ0n) is 11.7. The second-order valence-corrected chi connectivity index (χ2v) is 7.04. The van der Waals surface area contributed by atoms with Crippen LogP contribution in [-0.4, -0.2) is 24.5 Å². The molecule has 0 saturated carbocycles. The minimum absolute atomic E-state index is 0.995. The zero-order chi connectivity index (χ0) is 13.5. The Morgan fingerprint density at radius 3 is 2.74 bits per heavy atom. The van der Waals surface area contributed by atoms with Crippen LogP contribution in [0.15, 0.2) is 29.6 Å². The van der Waals surface area contributed by atoms with Gasteiger partial charge in [0.25, 0.3) is 0 Å². The van der Waals surface area contributed by atoms with Crippen LogP contribution in [0.25, 0.3) is 0 Å². The van der Waals surface area contributed by atoms with Crippen LogP contribution >= 0.6 is 22.7 Å². The van der Waals surface area contributed by atoms with Gasteiger partial charge in [0.1, 0.15) is 0 Å². The highest BCUT2D eigenvalue weighted by atomic mass is 32.1. The molecule has 0 amide bonds. The Balaban J connectivity index is 1.66. The fourth-order valence-electron chi connectivity index (χ4n) is 2.00. The predicted molar refractivity (Wildman–Crippen MR) is 86.0 cm³/mol. The van der Waals surface area contributed by atoms with Crippen molar-refractivity contribution in [3.05, 3.63) is 44.3 Å². The highest BCUT2D eigenvalue weighted by molar-refractivity contribution is 7.11. The summed E-state index contributed by atoms with van der Waals surface area (Å²) in [4.78, 5) is 6.76. The Morgan fingerprint density at radius 2 is 2.11 bits per heavy atom. The van der Waals surface area contributed by atoms with Crippen LogP contribution in [0.2, 0.25) is 0 Å². The van der Waals surface area contributed by atoms with Gasteiger partial charge in [-0.05, 0) is 37.0 Å². The van der Waals surface area contributed by atoms with E-state index in [0.717, 1.165) is 32.7 Å². The summed E-state index contributed by atoms with van der Waals surface area (Å²) in [5.41, 5.74) is 0. The first-order valence-corrected chi connectivity index (χ1v) is 8.48. The lowest BCUT2D eigenvalue weighted by Gasteiger charge is -2.19. The Morgan fingerprint density at radius 1 is 1.21 bits per heavy atom. The number of likely N-dealkylation sites (N-methyl/N-ethyl adjacent to an activating group) is 1. The van der Waals surface area contributed by atoms with Crippen molar-refractivity contribution in [2.45, 2.75) is 26.9 Å². The number of hydrogen-bond donors (Lipinski definition) is 1. The molecule has 0 atom stereocenters. The van der Waals surface area contributed by atoms with Gasteiger partial charge in [0, 0.05) is 40.8 Å². The molecular weight excluding hydrogens is 272 g/mol. The van der Waals surface area contributed by atoms with Crippen LogP contribution in [0.4, 0.5) is 0 Å². The van der Waals surface area contributed by atoms with Gasteiger partial charge in [-0.15, -0.1) is 22.7 Å². The molecule has 104 valence electrons. The van der Waals surface area contributed by atoms with Crippen molar-refractivity contribution in [1.29, 1.82) is 0 Å². The van der Waals surface area contributed by atoms with Gasteiger partial charge < -0.3 is 5.32 Å². The first kappa shape index (κ1) is 14.7. The van der Waals surface area contributed by atoms with E-state index in [-0.39, 0.29) is 0 Å². The highest BCUT2D eigenvalue weighted by Crippen LogP contribution is 2.14. The smallest absolute Gasteiger partial charge is 0.0328 e. The maximum absolute atomic E-state index is 3.53. The molecule has 4 heteroatoms. The van der Waals surface area contributed by atoms with E-state index >= 15 is 0 Å². The molecule has 2 heterocycles. The maximum atomic E-state index is 3.53. The number of rotatable bonds is 8. The van der Waals surface area contributed by atoms with E-state index in [9.17, 15) is 0 Å². The molecule has 0 saturated heterocycles. The summed E-state index contributed by atoms with van der Waals surface area (Å²) < 4.78 is 0. The third kappa shape index (κ3) is 5.07. The molecule has 0 spiro atoms. The SMILES string of the molecule is CCN(CCNCc1ccc(C)s1)Cc1cccs1. The van der Waals surface area contributed by atoms with Crippen molar-refractivity contribution in [2.24, 2.45) is 0 Å². The monoisotopic (exact) mass is 294 g/mol. The zero-order valence-corrected chi connectivity index (χ0v) is 13.3. The summed E-state index contributed by atoms with van der Waals surface area (Å²) in [7, 11) is 0. The van der Waals surface area contributed by atoms with Crippen molar-refractivity contribution in [1.82, 2.24) is 10.2 Å². The molecule has 0 aliphatic carbocycles. The van der Waals surface area contributed by atoms with Gasteiger partial charge in [-0.2, -0.15) is 0 Å². The van der Waals surface area contributed by atoms with E-state index < -0.39 is 0 Å². The summed E-state index contributed by atoms with van der Waals surface area (Å²) in [6, 6.07) is 8.76. The number of nitrogens with zero attached hydrogens (tertiary/aromatic N) is 1. The predicted octanol–water partition coefficient (Wildman–Crippen LogP) is 3.73. The van der Waals surface area contributed by atoms with E-state index in [2.05, 4.69) is 53.7 Å². The van der Waals surface area contributed by atoms with Gasteiger partial charge >= 0.3 is 0 Å². The lowest BCUT2D eigenvalue weighted by Crippen LogP contribution is -2.31. The fourth-order valence-corrected chi connectivity index (χ4v) is 3.61. The fraction of sp³-hybridized carbons (Fsp3) is 0.467. The maximum Gasteiger partial charge on any atom is 0.0328 e. The lowest BCUT2D eigenvalue weighted by atomic mass is 10.4. The topological polar surface area (TPSA) is 15.3 Å². The van der Waals surface area contributed by atoms with Crippen molar-refractivity contribution in [3.8, 4) is 0 Å². The molecule has 2 aromatic heterocycles. The van der Waals surface area contributed by atoms with Gasteiger partial charge in [-0.3, -0.25) is 4.90 Å². The van der Waals surface area contributed by atoms with Crippen molar-refractivity contribution < 1.29 is 0 Å². The molecule has 2 aromatic rings. The van der Waals surface area contributed by atoms with Crippen molar-refractivity contribution in [3.63, 3.8) is 0 Å². The highest BCUT2D eigenvalue weighted by Gasteiger charge is 2.04. The molecule has 0 radical (unpaired) electrons. The van der Waals surface area contributed by atoms with E-state index in [0.29, 0.717) is 0 Å². The van der Waals surface area contributed by atoms with E-state index in [1.165, 1.54) is 14.6 Å². The van der Waals surface area contributed by atoms with Crippen LogP contribution in [0.3, 0.4) is 0 Å². The molecule has 0 fully saturated rings. The summed E-state index contributed by atoms with van der Waals surface area (Å²) >= 11 is 3.73. The van der Waals surface area contributed by atoms with Crippen LogP contribution in [0, 0.1) is 6.92 Å². The number of aryl methyl sites for hydroxylation is 1. The Hall–Kier alpha value is -0.680. The molecule has 0 aromatic carbocycles. The van der Waals surface area contributed by atoms with Gasteiger partial charge in [0.05, 0.1) is 0 Å². The number of nitrogens with one attached hydrogen (secondary N) is 1. The summed E-state index contributed by atoms with van der Waals surface area (Å²) in [5.74, 6) is 0. The normalized spacial score (nSPS) is 11.3. The van der Waals surface area contributed by atoms with Crippen LogP contribution in [0.5, 0.6) is 0 Å². The summed E-state index contributed by atoms with van der Waals surface area (Å²) in [5, 5.41) is 5.68. The van der Waals surface area contributed by atoms with Crippen LogP contribution in [0.1, 0.15) is 21.6 Å². The van der Waals surface area contributed by atoms with Crippen molar-refractivity contribution >= 4 is 22.7 Å². The van der Waals surface area contributed by atoms with E-state index in [4.69, 9.17) is 0 Å². The summed E-state index contributed by atoms with van der Waals surface area (Å²) in [6.45, 7) is 9.74. The summed E-state index contributed by atoms with van der Waals surface area (Å²) in [6.07, 6.45) is 0. The molecule has 1 N–H and O–H groups in total. The quantitative estimate of drug-likeness (QED) is 0.746. The molecule has 0 aliphatic rings. The van der Waals surface area contributed by atoms with Crippen molar-refractivity contribution in [2.75, 3.05) is 19.6 Å². The number of hydrogen-bond acceptors (Lipinski definition) is 4. The van der Waals surface area contributed by atoms with Gasteiger partial charge in [-0.1, -0.05) is 13.0 Å². The van der Waals surface area contributed by atoms with Gasteiger partial charge in [0.15, 0.2) is 0 Å². The number of thiophene rings is 2. The third-order valence-electron chi connectivity index (χ3n) is 3.11.